The maximum atomic E-state index is 5.94. The van der Waals surface area contributed by atoms with Crippen LogP contribution in [0.25, 0.3) is 0 Å². The molecule has 96 valence electrons. The monoisotopic (exact) mass is 299 g/mol. The highest BCUT2D eigenvalue weighted by molar-refractivity contribution is 8.14. The van der Waals surface area contributed by atoms with Crippen molar-refractivity contribution in [2.45, 2.75) is 12.2 Å². The van der Waals surface area contributed by atoms with Gasteiger partial charge in [-0.1, -0.05) is 36.4 Å². The molecular formula is C12H14ClN3S2. The van der Waals surface area contributed by atoms with E-state index < -0.39 is 0 Å². The van der Waals surface area contributed by atoms with Crippen molar-refractivity contribution in [1.82, 2.24) is 4.90 Å². The number of aliphatic imine (C=N–C) groups is 1. The zero-order chi connectivity index (χ0) is 13.1. The number of nitrogens with one attached hydrogen (secondary N) is 1. The number of thioether (sulfide) groups is 1. The van der Waals surface area contributed by atoms with Crippen LogP contribution in [-0.2, 0) is 0 Å². The molecule has 0 bridgehead atoms. The molecule has 3 nitrogen and oxygen atoms in total. The van der Waals surface area contributed by atoms with Crippen LogP contribution in [0.15, 0.2) is 29.3 Å². The number of hydrogen-bond donors (Lipinski definition) is 1. The van der Waals surface area contributed by atoms with Crippen LogP contribution in [0.4, 0.5) is 5.69 Å². The Kier molecular flexibility index (Phi) is 4.48. The summed E-state index contributed by atoms with van der Waals surface area (Å²) in [6.45, 7) is 3.04. The van der Waals surface area contributed by atoms with Crippen molar-refractivity contribution in [2.24, 2.45) is 4.99 Å². The molecule has 1 aliphatic heterocycles. The van der Waals surface area contributed by atoms with Crippen LogP contribution in [0, 0.1) is 0 Å². The van der Waals surface area contributed by atoms with Crippen molar-refractivity contribution >= 4 is 51.5 Å². The summed E-state index contributed by atoms with van der Waals surface area (Å²) in [7, 11) is 1.79. The van der Waals surface area contributed by atoms with Crippen molar-refractivity contribution in [3.8, 4) is 0 Å². The average Bonchev–Trinajstić information content (AvgIpc) is 2.70. The van der Waals surface area contributed by atoms with Crippen molar-refractivity contribution in [3.05, 3.63) is 29.3 Å². The molecule has 6 heteroatoms. The number of benzene rings is 1. The molecule has 0 aromatic heterocycles. The molecular weight excluding hydrogens is 286 g/mol. The fourth-order valence-corrected chi connectivity index (χ4v) is 3.23. The Morgan fingerprint density at radius 2 is 2.39 bits per heavy atom. The number of nitrogens with zero attached hydrogens (tertiary/aromatic N) is 2. The molecule has 1 atom stereocenters. The smallest absolute Gasteiger partial charge is 0.179 e. The SMILES string of the molecule is C/N=C1/SC(C)CN1C(=S)Nc1cccc(Cl)c1. The van der Waals surface area contributed by atoms with Crippen LogP contribution in [-0.4, -0.2) is 34.0 Å². The first-order chi connectivity index (χ1) is 8.60. The van der Waals surface area contributed by atoms with Crippen molar-refractivity contribution in [1.29, 1.82) is 0 Å². The van der Waals surface area contributed by atoms with Gasteiger partial charge in [-0.3, -0.25) is 9.89 Å². The van der Waals surface area contributed by atoms with Crippen LogP contribution in [0.1, 0.15) is 6.92 Å². The molecule has 0 radical (unpaired) electrons. The lowest BCUT2D eigenvalue weighted by Crippen LogP contribution is -2.36. The van der Waals surface area contributed by atoms with Gasteiger partial charge >= 0.3 is 0 Å². The van der Waals surface area contributed by atoms with E-state index in [1.807, 2.05) is 29.2 Å². The van der Waals surface area contributed by atoms with E-state index in [1.54, 1.807) is 18.8 Å². The third-order valence-corrected chi connectivity index (χ3v) is 4.21. The summed E-state index contributed by atoms with van der Waals surface area (Å²) in [5.74, 6) is 0. The lowest BCUT2D eigenvalue weighted by atomic mass is 10.3. The Morgan fingerprint density at radius 3 is 3.06 bits per heavy atom. The van der Waals surface area contributed by atoms with Crippen LogP contribution < -0.4 is 5.32 Å². The summed E-state index contributed by atoms with van der Waals surface area (Å²) in [5.41, 5.74) is 0.896. The largest absolute Gasteiger partial charge is 0.332 e. The second-order valence-electron chi connectivity index (χ2n) is 3.99. The van der Waals surface area contributed by atoms with E-state index in [9.17, 15) is 0 Å². The summed E-state index contributed by atoms with van der Waals surface area (Å²) in [6.07, 6.45) is 0. The lowest BCUT2D eigenvalue weighted by Gasteiger charge is -2.19. The van der Waals surface area contributed by atoms with Gasteiger partial charge in [0.1, 0.15) is 0 Å². The van der Waals surface area contributed by atoms with Crippen LogP contribution >= 0.6 is 35.6 Å². The number of rotatable bonds is 1. The molecule has 0 saturated carbocycles. The van der Waals surface area contributed by atoms with E-state index in [2.05, 4.69) is 17.2 Å². The van der Waals surface area contributed by atoms with Gasteiger partial charge in [0.15, 0.2) is 10.3 Å². The van der Waals surface area contributed by atoms with Gasteiger partial charge in [0, 0.05) is 29.6 Å². The molecule has 1 heterocycles. The number of amidine groups is 1. The molecule has 1 fully saturated rings. The Balaban J connectivity index is 2.08. The summed E-state index contributed by atoms with van der Waals surface area (Å²) < 4.78 is 0. The highest BCUT2D eigenvalue weighted by Crippen LogP contribution is 2.26. The van der Waals surface area contributed by atoms with Gasteiger partial charge in [-0.2, -0.15) is 0 Å². The third-order valence-electron chi connectivity index (χ3n) is 2.49. The van der Waals surface area contributed by atoms with E-state index in [-0.39, 0.29) is 0 Å². The minimum Gasteiger partial charge on any atom is -0.332 e. The minimum absolute atomic E-state index is 0.503. The van der Waals surface area contributed by atoms with E-state index in [1.165, 1.54) is 0 Å². The zero-order valence-electron chi connectivity index (χ0n) is 10.2. The number of hydrogen-bond acceptors (Lipinski definition) is 3. The summed E-state index contributed by atoms with van der Waals surface area (Å²) >= 11 is 13.1. The van der Waals surface area contributed by atoms with Crippen LogP contribution in [0.3, 0.4) is 0 Å². The van der Waals surface area contributed by atoms with Gasteiger partial charge in [0.25, 0.3) is 0 Å². The van der Waals surface area contributed by atoms with Crippen molar-refractivity contribution in [2.75, 3.05) is 18.9 Å². The molecule has 0 spiro atoms. The number of thiocarbonyl (C=S) groups is 1. The lowest BCUT2D eigenvalue weighted by molar-refractivity contribution is 0.640. The molecule has 18 heavy (non-hydrogen) atoms. The fourth-order valence-electron chi connectivity index (χ4n) is 1.72. The van der Waals surface area contributed by atoms with Gasteiger partial charge in [0.2, 0.25) is 0 Å². The zero-order valence-corrected chi connectivity index (χ0v) is 12.6. The highest BCUT2D eigenvalue weighted by atomic mass is 35.5. The predicted molar refractivity (Wildman–Crippen MR) is 84.8 cm³/mol. The Bertz CT molecular complexity index is 490. The van der Waals surface area contributed by atoms with Gasteiger partial charge in [0.05, 0.1) is 0 Å². The highest BCUT2D eigenvalue weighted by Gasteiger charge is 2.28. The quantitative estimate of drug-likeness (QED) is 0.804. The van der Waals surface area contributed by atoms with Crippen LogP contribution in [0.5, 0.6) is 0 Å². The van der Waals surface area contributed by atoms with E-state index >= 15 is 0 Å². The van der Waals surface area contributed by atoms with Crippen molar-refractivity contribution < 1.29 is 0 Å². The summed E-state index contributed by atoms with van der Waals surface area (Å²) in [6, 6.07) is 7.52. The summed E-state index contributed by atoms with van der Waals surface area (Å²) in [4.78, 5) is 6.27. The Hall–Kier alpha value is -0.780. The molecule has 1 unspecified atom stereocenters. The van der Waals surface area contributed by atoms with Crippen molar-refractivity contribution in [3.63, 3.8) is 0 Å². The predicted octanol–water partition coefficient (Wildman–Crippen LogP) is 3.46. The Morgan fingerprint density at radius 1 is 1.61 bits per heavy atom. The molecule has 0 amide bonds. The molecule has 1 N–H and O–H groups in total. The second kappa shape index (κ2) is 5.91. The number of halogens is 1. The first-order valence-electron chi connectivity index (χ1n) is 5.57. The molecule has 1 saturated heterocycles. The molecule has 1 aromatic carbocycles. The maximum Gasteiger partial charge on any atom is 0.179 e. The molecule has 1 aliphatic rings. The fraction of sp³-hybridized carbons (Fsp3) is 0.333. The second-order valence-corrected chi connectivity index (χ2v) is 6.21. The first-order valence-corrected chi connectivity index (χ1v) is 7.24. The standard InChI is InChI=1S/C12H14ClN3S2/c1-8-7-16(12(14-2)18-8)11(17)15-10-5-3-4-9(13)6-10/h3-6,8H,7H2,1-2H3,(H,15,17)/b14-12+. The van der Waals surface area contributed by atoms with Crippen LogP contribution in [0.2, 0.25) is 5.02 Å². The van der Waals surface area contributed by atoms with Gasteiger partial charge in [-0.15, -0.1) is 0 Å². The van der Waals surface area contributed by atoms with E-state index in [0.29, 0.717) is 15.4 Å². The average molecular weight is 300 g/mol. The number of anilines is 1. The first kappa shape index (κ1) is 13.6. The molecule has 1 aromatic rings. The maximum absolute atomic E-state index is 5.94. The van der Waals surface area contributed by atoms with Gasteiger partial charge in [-0.25, -0.2) is 0 Å². The normalized spacial score (nSPS) is 21.4. The molecule has 2 rings (SSSR count). The topological polar surface area (TPSA) is 27.6 Å². The van der Waals surface area contributed by atoms with E-state index in [4.69, 9.17) is 23.8 Å². The third kappa shape index (κ3) is 3.16. The minimum atomic E-state index is 0.503. The van der Waals surface area contributed by atoms with E-state index in [0.717, 1.165) is 17.4 Å². The summed E-state index contributed by atoms with van der Waals surface area (Å²) in [5, 5.41) is 6.00. The molecule has 0 aliphatic carbocycles. The van der Waals surface area contributed by atoms with Gasteiger partial charge in [-0.05, 0) is 30.4 Å². The van der Waals surface area contributed by atoms with Gasteiger partial charge < -0.3 is 5.32 Å². The Labute approximate surface area is 122 Å².